The van der Waals surface area contributed by atoms with Gasteiger partial charge in [-0.05, 0) is 54.8 Å². The van der Waals surface area contributed by atoms with Gasteiger partial charge in [0.25, 0.3) is 0 Å². The molecule has 1 saturated heterocycles. The molecule has 3 aromatic rings. The summed E-state index contributed by atoms with van der Waals surface area (Å²) in [5.74, 6) is 1.38. The summed E-state index contributed by atoms with van der Waals surface area (Å²) >= 11 is 3.56. The van der Waals surface area contributed by atoms with Gasteiger partial charge in [-0.15, -0.1) is 0 Å². The van der Waals surface area contributed by atoms with E-state index in [0.29, 0.717) is 24.3 Å². The number of ether oxygens (including phenoxy) is 2. The average molecular weight is 443 g/mol. The van der Waals surface area contributed by atoms with Crippen molar-refractivity contribution < 1.29 is 14.6 Å². The maximum atomic E-state index is 11.3. The van der Waals surface area contributed by atoms with Gasteiger partial charge in [-0.25, -0.2) is 0 Å². The number of methoxy groups -OCH3 is 2. The van der Waals surface area contributed by atoms with E-state index >= 15 is 0 Å². The molecule has 0 spiro atoms. The van der Waals surface area contributed by atoms with Crippen LogP contribution >= 0.6 is 15.9 Å². The predicted molar refractivity (Wildman–Crippen MR) is 114 cm³/mol. The van der Waals surface area contributed by atoms with E-state index < -0.39 is 5.60 Å². The van der Waals surface area contributed by atoms with Crippen molar-refractivity contribution in [1.82, 2.24) is 4.98 Å². The summed E-state index contributed by atoms with van der Waals surface area (Å²) in [5, 5.41) is 12.5. The lowest BCUT2D eigenvalue weighted by atomic mass is 9.84. The Balaban J connectivity index is 1.61. The van der Waals surface area contributed by atoms with E-state index in [1.54, 1.807) is 14.2 Å². The Labute approximate surface area is 173 Å². The molecule has 2 heterocycles. The minimum absolute atomic E-state index is 0.626. The average Bonchev–Trinajstić information content (AvgIpc) is 2.73. The highest BCUT2D eigenvalue weighted by molar-refractivity contribution is 9.10. The number of anilines is 1. The second-order valence-electron chi connectivity index (χ2n) is 7.11. The minimum Gasteiger partial charge on any atom is -0.497 e. The van der Waals surface area contributed by atoms with Crippen molar-refractivity contribution in [3.63, 3.8) is 0 Å². The van der Waals surface area contributed by atoms with Gasteiger partial charge in [0.15, 0.2) is 0 Å². The molecule has 1 aliphatic heterocycles. The molecule has 28 heavy (non-hydrogen) atoms. The lowest BCUT2D eigenvalue weighted by molar-refractivity contribution is 0.0114. The maximum absolute atomic E-state index is 11.3. The van der Waals surface area contributed by atoms with Crippen molar-refractivity contribution in [3.8, 4) is 11.5 Å². The number of rotatable bonds is 4. The van der Waals surface area contributed by atoms with E-state index in [1.807, 2.05) is 42.6 Å². The fourth-order valence-corrected chi connectivity index (χ4v) is 4.22. The summed E-state index contributed by atoms with van der Waals surface area (Å²) < 4.78 is 11.8. The van der Waals surface area contributed by atoms with Crippen LogP contribution in [0.3, 0.4) is 0 Å². The molecule has 6 heteroatoms. The molecule has 4 rings (SSSR count). The Morgan fingerprint density at radius 3 is 2.32 bits per heavy atom. The lowest BCUT2D eigenvalue weighted by Crippen LogP contribution is -2.42. The molecule has 1 fully saturated rings. The van der Waals surface area contributed by atoms with Crippen LogP contribution in [0.5, 0.6) is 11.5 Å². The minimum atomic E-state index is -0.901. The summed E-state index contributed by atoms with van der Waals surface area (Å²) in [7, 11) is 3.25. The molecule has 5 nitrogen and oxygen atoms in total. The third kappa shape index (κ3) is 3.54. The van der Waals surface area contributed by atoms with Gasteiger partial charge in [0.2, 0.25) is 0 Å². The smallest absolute Gasteiger partial charge is 0.122 e. The number of aliphatic hydroxyl groups is 1. The third-order valence-electron chi connectivity index (χ3n) is 5.50. The van der Waals surface area contributed by atoms with Crippen LogP contribution in [0.15, 0.2) is 53.1 Å². The van der Waals surface area contributed by atoms with E-state index in [-0.39, 0.29) is 0 Å². The number of hydrogen-bond donors (Lipinski definition) is 1. The lowest BCUT2D eigenvalue weighted by Gasteiger charge is -2.40. The summed E-state index contributed by atoms with van der Waals surface area (Å²) in [4.78, 5) is 6.79. The van der Waals surface area contributed by atoms with Crippen molar-refractivity contribution in [2.75, 3.05) is 32.2 Å². The van der Waals surface area contributed by atoms with Crippen molar-refractivity contribution in [1.29, 1.82) is 0 Å². The van der Waals surface area contributed by atoms with Gasteiger partial charge in [0, 0.05) is 40.9 Å². The zero-order valence-electron chi connectivity index (χ0n) is 16.0. The first kappa shape index (κ1) is 19.0. The first-order chi connectivity index (χ1) is 13.5. The molecule has 1 N–H and O–H groups in total. The summed E-state index contributed by atoms with van der Waals surface area (Å²) in [5.41, 5.74) is 2.06. The molecule has 2 aromatic carbocycles. The van der Waals surface area contributed by atoms with Gasteiger partial charge < -0.3 is 19.5 Å². The molecular formula is C22H23BrN2O3. The van der Waals surface area contributed by atoms with Gasteiger partial charge in [0.05, 0.1) is 25.3 Å². The Bertz CT molecular complexity index is 978. The first-order valence-corrected chi connectivity index (χ1v) is 10.1. The molecule has 0 saturated carbocycles. The highest BCUT2D eigenvalue weighted by Crippen LogP contribution is 2.39. The molecule has 0 aliphatic carbocycles. The Morgan fingerprint density at radius 1 is 1.00 bits per heavy atom. The van der Waals surface area contributed by atoms with E-state index in [9.17, 15) is 5.11 Å². The molecule has 146 valence electrons. The molecule has 1 aromatic heterocycles. The van der Waals surface area contributed by atoms with Crippen molar-refractivity contribution >= 4 is 32.5 Å². The van der Waals surface area contributed by atoms with Gasteiger partial charge >= 0.3 is 0 Å². The fourth-order valence-electron chi connectivity index (χ4n) is 3.86. The molecule has 0 amide bonds. The maximum Gasteiger partial charge on any atom is 0.122 e. The number of piperidine rings is 1. The molecule has 0 unspecified atom stereocenters. The highest BCUT2D eigenvalue weighted by atomic mass is 79.9. The van der Waals surface area contributed by atoms with Crippen LogP contribution in [0.1, 0.15) is 18.4 Å². The monoisotopic (exact) mass is 442 g/mol. The standard InChI is InChI=1S/C22H23BrN2O3/c1-27-17-11-15(12-18(14-17)28-2)22(26)6-9-25(10-7-22)21-5-8-24-20-4-3-16(23)13-19(20)21/h3-5,8,11-14,26H,6-7,9-10H2,1-2H3. The number of pyridine rings is 1. The number of fused-ring (bicyclic) bond motifs is 1. The highest BCUT2D eigenvalue weighted by Gasteiger charge is 2.35. The van der Waals surface area contributed by atoms with Gasteiger partial charge in [-0.3, -0.25) is 4.98 Å². The van der Waals surface area contributed by atoms with Crippen LogP contribution in [0, 0.1) is 0 Å². The SMILES string of the molecule is COc1cc(OC)cc(C2(O)CCN(c3ccnc4ccc(Br)cc34)CC2)c1. The quantitative estimate of drug-likeness (QED) is 0.644. The fraction of sp³-hybridized carbons (Fsp3) is 0.318. The second kappa shape index (κ2) is 7.60. The third-order valence-corrected chi connectivity index (χ3v) is 5.99. The number of benzene rings is 2. The molecule has 0 radical (unpaired) electrons. The van der Waals surface area contributed by atoms with Crippen LogP contribution < -0.4 is 14.4 Å². The van der Waals surface area contributed by atoms with E-state index in [4.69, 9.17) is 9.47 Å². The molecule has 1 aliphatic rings. The largest absolute Gasteiger partial charge is 0.497 e. The van der Waals surface area contributed by atoms with E-state index in [2.05, 4.69) is 31.9 Å². The number of hydrogen-bond acceptors (Lipinski definition) is 5. The first-order valence-electron chi connectivity index (χ1n) is 9.27. The van der Waals surface area contributed by atoms with E-state index in [0.717, 1.165) is 39.7 Å². The Kier molecular flexibility index (Phi) is 5.17. The van der Waals surface area contributed by atoms with Crippen LogP contribution in [-0.4, -0.2) is 37.4 Å². The summed E-state index contributed by atoms with van der Waals surface area (Å²) in [6.07, 6.45) is 3.10. The summed E-state index contributed by atoms with van der Waals surface area (Å²) in [6.45, 7) is 1.50. The van der Waals surface area contributed by atoms with Crippen molar-refractivity contribution in [3.05, 3.63) is 58.7 Å². The number of nitrogens with zero attached hydrogens (tertiary/aromatic N) is 2. The molecule has 0 atom stereocenters. The van der Waals surface area contributed by atoms with Crippen molar-refractivity contribution in [2.45, 2.75) is 18.4 Å². The second-order valence-corrected chi connectivity index (χ2v) is 8.03. The number of halogens is 1. The normalized spacial score (nSPS) is 16.2. The van der Waals surface area contributed by atoms with Crippen LogP contribution in [0.2, 0.25) is 0 Å². The Hall–Kier alpha value is -2.31. The Morgan fingerprint density at radius 2 is 1.68 bits per heavy atom. The van der Waals surface area contributed by atoms with Crippen LogP contribution in [0.4, 0.5) is 5.69 Å². The zero-order chi connectivity index (χ0) is 19.7. The van der Waals surface area contributed by atoms with Crippen molar-refractivity contribution in [2.24, 2.45) is 0 Å². The van der Waals surface area contributed by atoms with E-state index in [1.165, 1.54) is 0 Å². The molecule has 0 bridgehead atoms. The zero-order valence-corrected chi connectivity index (χ0v) is 17.6. The summed E-state index contributed by atoms with van der Waals surface area (Å²) in [6, 6.07) is 13.8. The van der Waals surface area contributed by atoms with Crippen LogP contribution in [-0.2, 0) is 5.60 Å². The van der Waals surface area contributed by atoms with Gasteiger partial charge in [-0.2, -0.15) is 0 Å². The predicted octanol–water partition coefficient (Wildman–Crippen LogP) is 4.50. The molecular weight excluding hydrogens is 420 g/mol. The topological polar surface area (TPSA) is 54.8 Å². The van der Waals surface area contributed by atoms with Gasteiger partial charge in [0.1, 0.15) is 11.5 Å². The number of aromatic nitrogens is 1. The van der Waals surface area contributed by atoms with Gasteiger partial charge in [-0.1, -0.05) is 15.9 Å². The van der Waals surface area contributed by atoms with Crippen LogP contribution in [0.25, 0.3) is 10.9 Å².